The molecule has 0 radical (unpaired) electrons. The molecular formula is C17H23F2IN4O2. The molecule has 0 aliphatic heterocycles. The van der Waals surface area contributed by atoms with Crippen LogP contribution in [0.25, 0.3) is 0 Å². The summed E-state index contributed by atoms with van der Waals surface area (Å²) in [6.45, 7) is 3.39. The zero-order chi connectivity index (χ0) is 18.4. The van der Waals surface area contributed by atoms with Gasteiger partial charge in [-0.3, -0.25) is 4.99 Å². The van der Waals surface area contributed by atoms with Crippen molar-refractivity contribution >= 4 is 29.9 Å². The molecule has 2 N–H and O–H groups in total. The van der Waals surface area contributed by atoms with Crippen molar-refractivity contribution in [3.8, 4) is 5.75 Å². The van der Waals surface area contributed by atoms with Gasteiger partial charge in [0.05, 0.1) is 12.2 Å². The standard InChI is InChI=1S/C17H22F2N4O2.HI/c1-10-5-6-14(25-16(18)19)13(7-10)8-21-17(20-4)22-9-15-23-11(2)12(3)24-15;/h5-7,16H,8-9H2,1-4H3,(H2,20,21,22);1H. The molecule has 0 amide bonds. The summed E-state index contributed by atoms with van der Waals surface area (Å²) < 4.78 is 35.1. The molecule has 0 unspecified atom stereocenters. The summed E-state index contributed by atoms with van der Waals surface area (Å²) in [4.78, 5) is 8.37. The topological polar surface area (TPSA) is 71.7 Å². The molecular weight excluding hydrogens is 457 g/mol. The van der Waals surface area contributed by atoms with E-state index in [-0.39, 0.29) is 36.3 Å². The Morgan fingerprint density at radius 2 is 1.92 bits per heavy atom. The molecule has 6 nitrogen and oxygen atoms in total. The molecule has 2 rings (SSSR count). The van der Waals surface area contributed by atoms with Crippen LogP contribution in [0.3, 0.4) is 0 Å². The Balaban J connectivity index is 0.00000338. The highest BCUT2D eigenvalue weighted by molar-refractivity contribution is 14.0. The Kier molecular flexibility index (Phi) is 8.76. The second-order valence-electron chi connectivity index (χ2n) is 5.52. The third-order valence-electron chi connectivity index (χ3n) is 3.58. The van der Waals surface area contributed by atoms with E-state index in [9.17, 15) is 8.78 Å². The smallest absolute Gasteiger partial charge is 0.387 e. The zero-order valence-corrected chi connectivity index (χ0v) is 17.4. The highest BCUT2D eigenvalue weighted by Crippen LogP contribution is 2.22. The summed E-state index contributed by atoms with van der Waals surface area (Å²) in [5, 5.41) is 6.13. The highest BCUT2D eigenvalue weighted by atomic mass is 127. The minimum Gasteiger partial charge on any atom is -0.444 e. The van der Waals surface area contributed by atoms with Crippen LogP contribution >= 0.6 is 24.0 Å². The number of guanidine groups is 1. The number of ether oxygens (including phenoxy) is 1. The van der Waals surface area contributed by atoms with Crippen molar-refractivity contribution in [3.05, 3.63) is 46.7 Å². The Morgan fingerprint density at radius 3 is 2.50 bits per heavy atom. The monoisotopic (exact) mass is 480 g/mol. The first-order chi connectivity index (χ1) is 11.9. The lowest BCUT2D eigenvalue weighted by Crippen LogP contribution is -2.36. The summed E-state index contributed by atoms with van der Waals surface area (Å²) in [6.07, 6.45) is 0. The van der Waals surface area contributed by atoms with Gasteiger partial charge in [0.2, 0.25) is 5.89 Å². The average Bonchev–Trinajstić information content (AvgIpc) is 2.88. The number of alkyl halides is 2. The second-order valence-corrected chi connectivity index (χ2v) is 5.52. The van der Waals surface area contributed by atoms with E-state index in [1.54, 1.807) is 19.2 Å². The normalized spacial score (nSPS) is 11.3. The van der Waals surface area contributed by atoms with Crippen molar-refractivity contribution < 1.29 is 17.9 Å². The van der Waals surface area contributed by atoms with E-state index in [1.807, 2.05) is 20.8 Å². The number of oxazole rings is 1. The van der Waals surface area contributed by atoms with Crippen LogP contribution in [0.1, 0.15) is 28.5 Å². The van der Waals surface area contributed by atoms with Crippen LogP contribution in [-0.4, -0.2) is 24.6 Å². The fraction of sp³-hybridized carbons (Fsp3) is 0.412. The van der Waals surface area contributed by atoms with Crippen molar-refractivity contribution in [1.82, 2.24) is 15.6 Å². The Hall–Kier alpha value is -1.91. The largest absolute Gasteiger partial charge is 0.444 e. The maximum atomic E-state index is 12.5. The molecule has 1 aromatic heterocycles. The summed E-state index contributed by atoms with van der Waals surface area (Å²) in [6, 6.07) is 5.05. The van der Waals surface area contributed by atoms with Gasteiger partial charge >= 0.3 is 6.61 Å². The van der Waals surface area contributed by atoms with E-state index in [4.69, 9.17) is 4.42 Å². The minimum atomic E-state index is -2.87. The van der Waals surface area contributed by atoms with Crippen molar-refractivity contribution in [2.45, 2.75) is 40.5 Å². The minimum absolute atomic E-state index is 0. The molecule has 0 aliphatic rings. The lowest BCUT2D eigenvalue weighted by molar-refractivity contribution is -0.0504. The second kappa shape index (κ2) is 10.3. The number of aliphatic imine (C=N–C) groups is 1. The van der Waals surface area contributed by atoms with E-state index in [1.165, 1.54) is 6.07 Å². The molecule has 0 fully saturated rings. The van der Waals surface area contributed by atoms with Gasteiger partial charge < -0.3 is 19.8 Å². The zero-order valence-electron chi connectivity index (χ0n) is 15.1. The van der Waals surface area contributed by atoms with Gasteiger partial charge in [0.1, 0.15) is 11.5 Å². The lowest BCUT2D eigenvalue weighted by Gasteiger charge is -2.14. The van der Waals surface area contributed by atoms with Crippen LogP contribution in [0.4, 0.5) is 8.78 Å². The molecule has 0 spiro atoms. The van der Waals surface area contributed by atoms with Gasteiger partial charge in [-0.1, -0.05) is 17.7 Å². The number of nitrogens with zero attached hydrogens (tertiary/aromatic N) is 2. The Labute approximate surface area is 168 Å². The third-order valence-corrected chi connectivity index (χ3v) is 3.58. The summed E-state index contributed by atoms with van der Waals surface area (Å²) in [5.74, 6) is 1.96. The first kappa shape index (κ1) is 22.1. The van der Waals surface area contributed by atoms with E-state index in [2.05, 4.69) is 25.3 Å². The molecule has 1 aromatic carbocycles. The van der Waals surface area contributed by atoms with Gasteiger partial charge in [-0.2, -0.15) is 8.78 Å². The molecule has 26 heavy (non-hydrogen) atoms. The number of halogens is 3. The summed E-state index contributed by atoms with van der Waals surface area (Å²) in [5.41, 5.74) is 2.41. The number of benzene rings is 1. The number of nitrogens with one attached hydrogen (secondary N) is 2. The van der Waals surface area contributed by atoms with Gasteiger partial charge in [0.25, 0.3) is 0 Å². The van der Waals surface area contributed by atoms with Crippen LogP contribution in [0.15, 0.2) is 27.6 Å². The SMILES string of the molecule is CN=C(NCc1nc(C)c(C)o1)NCc1cc(C)ccc1OC(F)F.I. The fourth-order valence-corrected chi connectivity index (χ4v) is 2.23. The van der Waals surface area contributed by atoms with E-state index in [0.717, 1.165) is 17.0 Å². The third kappa shape index (κ3) is 6.43. The number of rotatable bonds is 6. The molecule has 0 aliphatic carbocycles. The maximum absolute atomic E-state index is 12.5. The van der Waals surface area contributed by atoms with Crippen LogP contribution in [-0.2, 0) is 13.1 Å². The van der Waals surface area contributed by atoms with Crippen molar-refractivity contribution in [3.63, 3.8) is 0 Å². The van der Waals surface area contributed by atoms with Crippen LogP contribution in [0.2, 0.25) is 0 Å². The molecule has 2 aromatic rings. The molecule has 0 atom stereocenters. The first-order valence-electron chi connectivity index (χ1n) is 7.80. The van der Waals surface area contributed by atoms with Gasteiger partial charge in [-0.25, -0.2) is 4.98 Å². The highest BCUT2D eigenvalue weighted by Gasteiger charge is 2.11. The van der Waals surface area contributed by atoms with E-state index in [0.29, 0.717) is 24.0 Å². The van der Waals surface area contributed by atoms with Gasteiger partial charge in [0, 0.05) is 19.2 Å². The molecule has 0 saturated carbocycles. The molecule has 1 heterocycles. The van der Waals surface area contributed by atoms with E-state index >= 15 is 0 Å². The Morgan fingerprint density at radius 1 is 1.23 bits per heavy atom. The molecule has 144 valence electrons. The summed E-state index contributed by atoms with van der Waals surface area (Å²) >= 11 is 0. The molecule has 9 heteroatoms. The number of hydrogen-bond acceptors (Lipinski definition) is 4. The number of aromatic nitrogens is 1. The molecule has 0 bridgehead atoms. The quantitative estimate of drug-likeness (QED) is 0.375. The van der Waals surface area contributed by atoms with Crippen LogP contribution in [0.5, 0.6) is 5.75 Å². The summed E-state index contributed by atoms with van der Waals surface area (Å²) in [7, 11) is 1.62. The molecule has 0 saturated heterocycles. The van der Waals surface area contributed by atoms with Gasteiger partial charge in [0.15, 0.2) is 5.96 Å². The fourth-order valence-electron chi connectivity index (χ4n) is 2.23. The van der Waals surface area contributed by atoms with Crippen LogP contribution < -0.4 is 15.4 Å². The van der Waals surface area contributed by atoms with Gasteiger partial charge in [-0.05, 0) is 26.8 Å². The predicted molar refractivity (Wildman–Crippen MR) is 106 cm³/mol. The van der Waals surface area contributed by atoms with Crippen molar-refractivity contribution in [2.75, 3.05) is 7.05 Å². The predicted octanol–water partition coefficient (Wildman–Crippen LogP) is 3.68. The number of aryl methyl sites for hydroxylation is 3. The number of hydrogen-bond donors (Lipinski definition) is 2. The lowest BCUT2D eigenvalue weighted by atomic mass is 10.1. The van der Waals surface area contributed by atoms with Gasteiger partial charge in [-0.15, -0.1) is 24.0 Å². The van der Waals surface area contributed by atoms with Crippen molar-refractivity contribution in [1.29, 1.82) is 0 Å². The van der Waals surface area contributed by atoms with E-state index < -0.39 is 6.61 Å². The first-order valence-corrected chi connectivity index (χ1v) is 7.80. The Bertz CT molecular complexity index is 731. The van der Waals surface area contributed by atoms with Crippen molar-refractivity contribution in [2.24, 2.45) is 4.99 Å². The average molecular weight is 480 g/mol. The maximum Gasteiger partial charge on any atom is 0.387 e. The van der Waals surface area contributed by atoms with Crippen LogP contribution in [0, 0.1) is 20.8 Å².